The van der Waals surface area contributed by atoms with E-state index in [1.165, 1.54) is 12.1 Å². The number of nitrogens with two attached hydrogens (primary N) is 1. The highest BCUT2D eigenvalue weighted by Crippen LogP contribution is 2.43. The lowest BCUT2D eigenvalue weighted by atomic mass is 9.83. The van der Waals surface area contributed by atoms with Gasteiger partial charge in [-0.1, -0.05) is 19.1 Å². The summed E-state index contributed by atoms with van der Waals surface area (Å²) in [6.07, 6.45) is 0.649. The second-order valence-corrected chi connectivity index (χ2v) is 5.05. The lowest BCUT2D eigenvalue weighted by Gasteiger charge is -2.23. The number of non-ortho nitro benzene ring substituents is 1. The number of allylic oxidation sites excluding steroid dienone is 1. The van der Waals surface area contributed by atoms with Crippen LogP contribution in [0.2, 0.25) is 0 Å². The van der Waals surface area contributed by atoms with Crippen LogP contribution in [0, 0.1) is 21.4 Å². The second kappa shape index (κ2) is 5.46. The lowest BCUT2D eigenvalue weighted by molar-refractivity contribution is -0.384. The van der Waals surface area contributed by atoms with Crippen molar-refractivity contribution in [3.8, 4) is 11.9 Å². The summed E-state index contributed by atoms with van der Waals surface area (Å²) in [6.45, 7) is 1.94. The van der Waals surface area contributed by atoms with Gasteiger partial charge in [-0.05, 0) is 12.0 Å². The molecular weight excluding hydrogens is 298 g/mol. The Bertz CT molecular complexity index is 862. The number of aromatic nitrogens is 2. The van der Waals surface area contributed by atoms with E-state index in [0.717, 1.165) is 5.69 Å². The summed E-state index contributed by atoms with van der Waals surface area (Å²) in [5.74, 6) is -0.280. The molecule has 8 heteroatoms. The minimum atomic E-state index is -0.544. The average Bonchev–Trinajstić information content (AvgIpc) is 2.95. The molecule has 23 heavy (non-hydrogen) atoms. The van der Waals surface area contributed by atoms with Gasteiger partial charge in [-0.3, -0.25) is 15.2 Å². The molecule has 0 saturated heterocycles. The fourth-order valence-corrected chi connectivity index (χ4v) is 2.73. The zero-order chi connectivity index (χ0) is 16.6. The predicted molar refractivity (Wildman–Crippen MR) is 80.4 cm³/mol. The van der Waals surface area contributed by atoms with Gasteiger partial charge in [0.05, 0.1) is 10.8 Å². The van der Waals surface area contributed by atoms with Crippen molar-refractivity contribution in [3.63, 3.8) is 0 Å². The predicted octanol–water partition coefficient (Wildman–Crippen LogP) is 2.10. The summed E-state index contributed by atoms with van der Waals surface area (Å²) in [5, 5.41) is 27.4. The first kappa shape index (κ1) is 14.6. The van der Waals surface area contributed by atoms with Crippen LogP contribution in [0.25, 0.3) is 0 Å². The highest BCUT2D eigenvalue weighted by Gasteiger charge is 2.35. The highest BCUT2D eigenvalue weighted by atomic mass is 16.6. The van der Waals surface area contributed by atoms with E-state index in [4.69, 9.17) is 10.5 Å². The van der Waals surface area contributed by atoms with Crippen LogP contribution in [0.15, 0.2) is 35.7 Å². The third kappa shape index (κ3) is 2.28. The molecule has 1 aromatic carbocycles. The molecule has 0 bridgehead atoms. The standard InChI is InChI=1S/C15H13N5O3/c1-2-11-13-12(8-4-3-5-9(6-8)20(21)22)10(7-16)14(17)23-15(13)19-18-11/h3-6,12H,2,17H2,1H3,(H,18,19)/t12-/m0/s1. The minimum Gasteiger partial charge on any atom is -0.420 e. The third-order valence-corrected chi connectivity index (χ3v) is 3.79. The Morgan fingerprint density at radius 1 is 1.57 bits per heavy atom. The molecular formula is C15H13N5O3. The number of nitro groups is 1. The van der Waals surface area contributed by atoms with Gasteiger partial charge in [0.2, 0.25) is 11.8 Å². The van der Waals surface area contributed by atoms with Gasteiger partial charge in [0.25, 0.3) is 5.69 Å². The van der Waals surface area contributed by atoms with Gasteiger partial charge in [0.1, 0.15) is 11.6 Å². The van der Waals surface area contributed by atoms with E-state index in [0.29, 0.717) is 23.4 Å². The molecule has 0 unspecified atom stereocenters. The first-order valence-electron chi connectivity index (χ1n) is 6.95. The molecule has 3 rings (SSSR count). The van der Waals surface area contributed by atoms with Crippen LogP contribution in [-0.4, -0.2) is 15.1 Å². The Morgan fingerprint density at radius 2 is 2.35 bits per heavy atom. The van der Waals surface area contributed by atoms with Crippen molar-refractivity contribution in [2.45, 2.75) is 19.3 Å². The monoisotopic (exact) mass is 311 g/mol. The molecule has 3 N–H and O–H groups in total. The van der Waals surface area contributed by atoms with Gasteiger partial charge in [-0.25, -0.2) is 0 Å². The van der Waals surface area contributed by atoms with E-state index in [1.807, 2.05) is 6.92 Å². The first-order chi connectivity index (χ1) is 11.1. The smallest absolute Gasteiger partial charge is 0.269 e. The molecule has 0 spiro atoms. The maximum Gasteiger partial charge on any atom is 0.269 e. The normalized spacial score (nSPS) is 16.4. The van der Waals surface area contributed by atoms with Gasteiger partial charge >= 0.3 is 0 Å². The molecule has 1 atom stereocenters. The van der Waals surface area contributed by atoms with Gasteiger partial charge in [0.15, 0.2) is 0 Å². The number of nitrogens with zero attached hydrogens (tertiary/aromatic N) is 3. The van der Waals surface area contributed by atoms with Crippen molar-refractivity contribution in [2.75, 3.05) is 0 Å². The molecule has 8 nitrogen and oxygen atoms in total. The molecule has 0 fully saturated rings. The lowest BCUT2D eigenvalue weighted by Crippen LogP contribution is -2.21. The molecule has 2 heterocycles. The van der Waals surface area contributed by atoms with Gasteiger partial charge in [0, 0.05) is 23.4 Å². The van der Waals surface area contributed by atoms with Crippen LogP contribution in [-0.2, 0) is 6.42 Å². The number of nitrogens with one attached hydrogen (secondary N) is 1. The van der Waals surface area contributed by atoms with Crippen molar-refractivity contribution in [1.29, 1.82) is 5.26 Å². The minimum absolute atomic E-state index is 0.0364. The molecule has 1 aliphatic rings. The molecule has 0 saturated carbocycles. The Hall–Kier alpha value is -3.34. The number of hydrogen-bond donors (Lipinski definition) is 2. The number of nitro benzene ring substituents is 1. The zero-order valence-corrected chi connectivity index (χ0v) is 12.2. The molecule has 0 aliphatic carbocycles. The first-order valence-corrected chi connectivity index (χ1v) is 6.95. The van der Waals surface area contributed by atoms with Gasteiger partial charge in [-0.2, -0.15) is 5.26 Å². The molecule has 116 valence electrons. The zero-order valence-electron chi connectivity index (χ0n) is 12.2. The van der Waals surface area contributed by atoms with E-state index >= 15 is 0 Å². The van der Waals surface area contributed by atoms with E-state index in [-0.39, 0.29) is 17.1 Å². The number of fused-ring (bicyclic) bond motifs is 1. The fourth-order valence-electron chi connectivity index (χ4n) is 2.73. The maximum atomic E-state index is 11.0. The second-order valence-electron chi connectivity index (χ2n) is 5.05. The summed E-state index contributed by atoms with van der Waals surface area (Å²) < 4.78 is 5.41. The van der Waals surface area contributed by atoms with Crippen molar-refractivity contribution in [3.05, 3.63) is 62.7 Å². The number of aromatic amines is 1. The van der Waals surface area contributed by atoms with Gasteiger partial charge < -0.3 is 10.5 Å². The number of hydrogen-bond acceptors (Lipinski definition) is 6. The number of rotatable bonds is 3. The summed E-state index contributed by atoms with van der Waals surface area (Å²) in [6, 6.07) is 8.20. The Morgan fingerprint density at radius 3 is 3.00 bits per heavy atom. The number of H-pyrrole nitrogens is 1. The Labute approximate surface area is 131 Å². The summed E-state index contributed by atoms with van der Waals surface area (Å²) in [5.41, 5.74) is 8.09. The topological polar surface area (TPSA) is 131 Å². The van der Waals surface area contributed by atoms with E-state index < -0.39 is 10.8 Å². The number of aryl methyl sites for hydroxylation is 1. The van der Waals surface area contributed by atoms with Crippen LogP contribution in [0.1, 0.15) is 29.7 Å². The van der Waals surface area contributed by atoms with Crippen molar-refractivity contribution < 1.29 is 9.66 Å². The number of benzene rings is 1. The van der Waals surface area contributed by atoms with Gasteiger partial charge in [-0.15, -0.1) is 5.10 Å². The maximum absolute atomic E-state index is 11.0. The number of ether oxygens (including phenoxy) is 1. The van der Waals surface area contributed by atoms with Crippen LogP contribution >= 0.6 is 0 Å². The largest absolute Gasteiger partial charge is 0.420 e. The molecule has 1 aliphatic heterocycles. The fraction of sp³-hybridized carbons (Fsp3) is 0.200. The van der Waals surface area contributed by atoms with Crippen LogP contribution in [0.5, 0.6) is 5.88 Å². The van der Waals surface area contributed by atoms with Crippen LogP contribution in [0.4, 0.5) is 5.69 Å². The van der Waals surface area contributed by atoms with Crippen molar-refractivity contribution >= 4 is 5.69 Å². The Balaban J connectivity index is 2.23. The van der Waals surface area contributed by atoms with E-state index in [2.05, 4.69) is 16.3 Å². The summed E-state index contributed by atoms with van der Waals surface area (Å²) in [4.78, 5) is 10.6. The summed E-state index contributed by atoms with van der Waals surface area (Å²) in [7, 11) is 0. The molecule has 0 radical (unpaired) electrons. The van der Waals surface area contributed by atoms with E-state index in [9.17, 15) is 15.4 Å². The van der Waals surface area contributed by atoms with Crippen LogP contribution in [0.3, 0.4) is 0 Å². The van der Waals surface area contributed by atoms with Crippen molar-refractivity contribution in [2.24, 2.45) is 5.73 Å². The molecule has 1 aromatic heterocycles. The Kier molecular flexibility index (Phi) is 3.46. The molecule has 0 amide bonds. The third-order valence-electron chi connectivity index (χ3n) is 3.79. The van der Waals surface area contributed by atoms with Crippen molar-refractivity contribution in [1.82, 2.24) is 10.2 Å². The average molecular weight is 311 g/mol. The molecule has 2 aromatic rings. The highest BCUT2D eigenvalue weighted by molar-refractivity contribution is 5.56. The van der Waals surface area contributed by atoms with E-state index in [1.54, 1.807) is 12.1 Å². The SMILES string of the molecule is CCc1[nH]nc2c1[C@@H](c1cccc([N+](=O)[O-])c1)C(C#N)=C(N)O2. The summed E-state index contributed by atoms with van der Waals surface area (Å²) >= 11 is 0. The number of nitriles is 1. The van der Waals surface area contributed by atoms with Crippen LogP contribution < -0.4 is 10.5 Å². The quantitative estimate of drug-likeness (QED) is 0.659.